The van der Waals surface area contributed by atoms with E-state index in [0.717, 1.165) is 33.3 Å². The first-order chi connectivity index (χ1) is 16.7. The molecular weight excluding hydrogens is 464 g/mol. The number of rotatable bonds is 8. The molecule has 0 saturated heterocycles. The summed E-state index contributed by atoms with van der Waals surface area (Å²) >= 11 is 2.72. The fourth-order valence-electron chi connectivity index (χ4n) is 3.76. The molecule has 5 aromatic rings. The first-order valence-electron chi connectivity index (χ1n) is 10.9. The van der Waals surface area contributed by atoms with Gasteiger partial charge in [-0.05, 0) is 12.5 Å². The number of nitrogens with one attached hydrogen (secondary N) is 1. The Morgan fingerprint density at radius 3 is 2.74 bits per heavy atom. The molecule has 3 heterocycles. The van der Waals surface area contributed by atoms with Gasteiger partial charge in [0.15, 0.2) is 10.8 Å². The van der Waals surface area contributed by atoms with Crippen molar-refractivity contribution in [1.82, 2.24) is 24.7 Å². The van der Waals surface area contributed by atoms with Gasteiger partial charge in [0.25, 0.3) is 0 Å². The maximum absolute atomic E-state index is 13.0. The molecule has 0 saturated carbocycles. The number of allylic oxidation sites excluding steroid dienone is 1. The lowest BCUT2D eigenvalue weighted by molar-refractivity contribution is -0.115. The third-order valence-corrected chi connectivity index (χ3v) is 7.35. The summed E-state index contributed by atoms with van der Waals surface area (Å²) in [5.74, 6) is -0.128. The number of hydrogen-bond donors (Lipinski definition) is 1. The van der Waals surface area contributed by atoms with Gasteiger partial charge in [-0.25, -0.2) is 9.97 Å². The second-order valence-corrected chi connectivity index (χ2v) is 9.62. The van der Waals surface area contributed by atoms with E-state index in [4.69, 9.17) is 4.98 Å². The molecular formula is C25H22N6OS2. The van der Waals surface area contributed by atoms with E-state index in [1.807, 2.05) is 73.0 Å². The molecule has 0 aliphatic heterocycles. The van der Waals surface area contributed by atoms with Crippen molar-refractivity contribution in [2.75, 3.05) is 5.32 Å². The third kappa shape index (κ3) is 4.32. The summed E-state index contributed by atoms with van der Waals surface area (Å²) in [4.78, 5) is 22.3. The minimum Gasteiger partial charge on any atom is -0.320 e. The molecule has 1 amide bonds. The van der Waals surface area contributed by atoms with Gasteiger partial charge >= 0.3 is 0 Å². The number of carbonyl (C=O) groups excluding carboxylic acids is 1. The van der Waals surface area contributed by atoms with E-state index in [2.05, 4.69) is 31.6 Å². The van der Waals surface area contributed by atoms with Crippen LogP contribution in [0.4, 0.5) is 5.13 Å². The van der Waals surface area contributed by atoms with Crippen LogP contribution in [0, 0.1) is 0 Å². The monoisotopic (exact) mass is 486 g/mol. The lowest BCUT2D eigenvalue weighted by Crippen LogP contribution is -2.24. The Morgan fingerprint density at radius 1 is 1.15 bits per heavy atom. The molecule has 0 spiro atoms. The smallest absolute Gasteiger partial charge is 0.239 e. The maximum atomic E-state index is 13.0. The topological polar surface area (TPSA) is 85.6 Å². The zero-order chi connectivity index (χ0) is 23.5. The van der Waals surface area contributed by atoms with Crippen LogP contribution in [0.5, 0.6) is 0 Å². The van der Waals surface area contributed by atoms with Crippen LogP contribution in [0.25, 0.3) is 33.3 Å². The molecule has 2 aromatic carbocycles. The molecule has 34 heavy (non-hydrogen) atoms. The number of fused-ring (bicyclic) bond motifs is 3. The zero-order valence-corrected chi connectivity index (χ0v) is 20.1. The van der Waals surface area contributed by atoms with Gasteiger partial charge in [0.05, 0.1) is 16.5 Å². The predicted octanol–water partition coefficient (Wildman–Crippen LogP) is 5.80. The number of aromatic nitrogens is 5. The van der Waals surface area contributed by atoms with Crippen LogP contribution in [0.3, 0.4) is 0 Å². The largest absolute Gasteiger partial charge is 0.320 e. The molecule has 1 atom stereocenters. The lowest BCUT2D eigenvalue weighted by Gasteiger charge is -2.12. The minimum absolute atomic E-state index is 0.128. The fraction of sp³-hybridized carbons (Fsp3) is 0.160. The summed E-state index contributed by atoms with van der Waals surface area (Å²) in [7, 11) is 0. The number of nitrogens with zero attached hydrogens (tertiary/aromatic N) is 5. The summed E-state index contributed by atoms with van der Waals surface area (Å²) in [5.41, 5.74) is 4.37. The Labute approximate surface area is 205 Å². The van der Waals surface area contributed by atoms with Gasteiger partial charge < -0.3 is 9.88 Å². The van der Waals surface area contributed by atoms with Crippen LogP contribution in [0.2, 0.25) is 0 Å². The highest BCUT2D eigenvalue weighted by molar-refractivity contribution is 8.00. The lowest BCUT2D eigenvalue weighted by atomic mass is 10.2. The van der Waals surface area contributed by atoms with Crippen LogP contribution in [-0.2, 0) is 11.3 Å². The van der Waals surface area contributed by atoms with Crippen molar-refractivity contribution < 1.29 is 4.79 Å². The average molecular weight is 487 g/mol. The number of hydrogen-bond acceptors (Lipinski definition) is 7. The Morgan fingerprint density at radius 2 is 1.94 bits per heavy atom. The molecule has 1 unspecified atom stereocenters. The number of benzene rings is 2. The van der Waals surface area contributed by atoms with E-state index < -0.39 is 0 Å². The van der Waals surface area contributed by atoms with Crippen molar-refractivity contribution in [3.05, 3.63) is 72.6 Å². The summed E-state index contributed by atoms with van der Waals surface area (Å²) in [5, 5.41) is 15.3. The second-order valence-electron chi connectivity index (χ2n) is 7.59. The van der Waals surface area contributed by atoms with Gasteiger partial charge in [-0.2, -0.15) is 0 Å². The van der Waals surface area contributed by atoms with Crippen molar-refractivity contribution in [3.8, 4) is 11.3 Å². The molecule has 9 heteroatoms. The molecule has 3 aromatic heterocycles. The first kappa shape index (κ1) is 22.2. The SMILES string of the molecule is C=CCn1c2ccccc2c2nnc(SC(CC)C(=O)Nc3nc(-c4ccccc4)cs3)nc21. The van der Waals surface area contributed by atoms with Crippen molar-refractivity contribution in [2.45, 2.75) is 30.3 Å². The van der Waals surface area contributed by atoms with E-state index >= 15 is 0 Å². The van der Waals surface area contributed by atoms with Gasteiger partial charge in [0.2, 0.25) is 11.1 Å². The molecule has 1 N–H and O–H groups in total. The quantitative estimate of drug-likeness (QED) is 0.220. The Hall–Kier alpha value is -3.56. The highest BCUT2D eigenvalue weighted by Gasteiger charge is 2.22. The number of anilines is 1. The third-order valence-electron chi connectivity index (χ3n) is 5.38. The highest BCUT2D eigenvalue weighted by Crippen LogP contribution is 2.30. The van der Waals surface area contributed by atoms with Crippen LogP contribution >= 0.6 is 23.1 Å². The second kappa shape index (κ2) is 9.74. The molecule has 0 bridgehead atoms. The molecule has 0 fully saturated rings. The van der Waals surface area contributed by atoms with Gasteiger partial charge in [-0.15, -0.1) is 28.1 Å². The number of para-hydroxylation sites is 1. The van der Waals surface area contributed by atoms with E-state index in [-0.39, 0.29) is 11.2 Å². The fourth-order valence-corrected chi connectivity index (χ4v) is 5.30. The standard InChI is InChI=1S/C25H22N6OS2/c1-3-14-31-19-13-9-8-12-17(19)21-22(31)27-25(30-29-21)34-20(4-2)23(32)28-24-26-18(15-33-24)16-10-6-5-7-11-16/h3,5-13,15,20H,1,4,14H2,2H3,(H,26,28,32). The molecule has 170 valence electrons. The molecule has 7 nitrogen and oxygen atoms in total. The van der Waals surface area contributed by atoms with Crippen molar-refractivity contribution in [2.24, 2.45) is 0 Å². The number of thiazole rings is 1. The number of carbonyl (C=O) groups is 1. The van der Waals surface area contributed by atoms with Crippen LogP contribution in [0.15, 0.2) is 77.8 Å². The molecule has 0 radical (unpaired) electrons. The van der Waals surface area contributed by atoms with Crippen LogP contribution < -0.4 is 5.32 Å². The number of thioether (sulfide) groups is 1. The van der Waals surface area contributed by atoms with Crippen molar-refractivity contribution >= 4 is 56.2 Å². The van der Waals surface area contributed by atoms with Gasteiger partial charge in [0.1, 0.15) is 5.52 Å². The van der Waals surface area contributed by atoms with Gasteiger partial charge in [-0.3, -0.25) is 4.79 Å². The summed E-state index contributed by atoms with van der Waals surface area (Å²) in [6.07, 6.45) is 2.45. The van der Waals surface area contributed by atoms with Crippen LogP contribution in [0.1, 0.15) is 13.3 Å². The summed E-state index contributed by atoms with van der Waals surface area (Å²) < 4.78 is 2.07. The van der Waals surface area contributed by atoms with E-state index in [1.165, 1.54) is 23.1 Å². The Balaban J connectivity index is 1.37. The summed E-state index contributed by atoms with van der Waals surface area (Å²) in [6.45, 7) is 6.45. The van der Waals surface area contributed by atoms with E-state index in [1.54, 1.807) is 0 Å². The van der Waals surface area contributed by atoms with Crippen LogP contribution in [-0.4, -0.2) is 35.9 Å². The molecule has 0 aliphatic carbocycles. The average Bonchev–Trinajstić information content (AvgIpc) is 3.46. The number of amides is 1. The molecule has 5 rings (SSSR count). The maximum Gasteiger partial charge on any atom is 0.239 e. The predicted molar refractivity (Wildman–Crippen MR) is 139 cm³/mol. The van der Waals surface area contributed by atoms with Crippen molar-refractivity contribution in [1.29, 1.82) is 0 Å². The zero-order valence-electron chi connectivity index (χ0n) is 18.5. The van der Waals surface area contributed by atoms with E-state index in [9.17, 15) is 4.79 Å². The normalized spacial score (nSPS) is 12.1. The van der Waals surface area contributed by atoms with Gasteiger partial charge in [-0.1, -0.05) is 73.3 Å². The summed E-state index contributed by atoms with van der Waals surface area (Å²) in [6, 6.07) is 17.9. The molecule has 0 aliphatic rings. The van der Waals surface area contributed by atoms with Crippen molar-refractivity contribution in [3.63, 3.8) is 0 Å². The highest BCUT2D eigenvalue weighted by atomic mass is 32.2. The Kier molecular flexibility index (Phi) is 6.37. The first-order valence-corrected chi connectivity index (χ1v) is 12.6. The van der Waals surface area contributed by atoms with Gasteiger partial charge in [0, 0.05) is 22.9 Å². The van der Waals surface area contributed by atoms with E-state index in [0.29, 0.717) is 23.3 Å². The Bertz CT molecular complexity index is 1480. The minimum atomic E-state index is -0.374.